The molecule has 0 spiro atoms. The molecular formula is C18H17ClN3O3. The van der Waals surface area contributed by atoms with E-state index in [2.05, 4.69) is 6.08 Å². The van der Waals surface area contributed by atoms with Gasteiger partial charge in [0.25, 0.3) is 5.69 Å². The van der Waals surface area contributed by atoms with E-state index in [-0.39, 0.29) is 12.3 Å². The Hall–Kier alpha value is -2.57. The lowest BCUT2D eigenvalue weighted by Crippen LogP contribution is -2.41. The summed E-state index contributed by atoms with van der Waals surface area (Å²) in [4.78, 5) is 10.7. The number of para-hydroxylation sites is 1. The average molecular weight is 359 g/mol. The first kappa shape index (κ1) is 17.3. The Morgan fingerprint density at radius 1 is 1.24 bits per heavy atom. The van der Waals surface area contributed by atoms with Crippen molar-refractivity contribution >= 4 is 23.0 Å². The monoisotopic (exact) mass is 358 g/mol. The van der Waals surface area contributed by atoms with Gasteiger partial charge in [0, 0.05) is 29.9 Å². The van der Waals surface area contributed by atoms with Gasteiger partial charge in [0.05, 0.1) is 22.8 Å². The number of ether oxygens (including phenoxy) is 1. The predicted molar refractivity (Wildman–Crippen MR) is 95.8 cm³/mol. The fourth-order valence-electron chi connectivity index (χ4n) is 2.65. The van der Waals surface area contributed by atoms with E-state index in [1.54, 1.807) is 30.3 Å². The fourth-order valence-corrected chi connectivity index (χ4v) is 2.77. The molecule has 0 fully saturated rings. The molecule has 0 N–H and O–H groups in total. The van der Waals surface area contributed by atoms with Gasteiger partial charge in [-0.1, -0.05) is 23.7 Å². The average Bonchev–Trinajstić information content (AvgIpc) is 2.88. The van der Waals surface area contributed by atoms with Crippen LogP contribution in [-0.4, -0.2) is 23.2 Å². The predicted octanol–water partition coefficient (Wildman–Crippen LogP) is 4.16. The molecule has 2 aromatic carbocycles. The minimum Gasteiger partial charge on any atom is -0.347 e. The van der Waals surface area contributed by atoms with Crippen LogP contribution < -0.4 is 5.01 Å². The van der Waals surface area contributed by atoms with Crippen LogP contribution in [0.2, 0.25) is 5.02 Å². The van der Waals surface area contributed by atoms with E-state index in [1.807, 2.05) is 36.1 Å². The summed E-state index contributed by atoms with van der Waals surface area (Å²) in [5.74, 6) is 0. The minimum atomic E-state index is -0.481. The molecule has 0 amide bonds. The second kappa shape index (κ2) is 7.13. The highest BCUT2D eigenvalue weighted by Crippen LogP contribution is 2.30. The summed E-state index contributed by atoms with van der Waals surface area (Å²) in [7, 11) is 1.91. The maximum absolute atomic E-state index is 11.1. The first-order chi connectivity index (χ1) is 12.0. The third kappa shape index (κ3) is 3.60. The van der Waals surface area contributed by atoms with Crippen LogP contribution in [0.4, 0.5) is 11.4 Å². The molecule has 1 radical (unpaired) electrons. The van der Waals surface area contributed by atoms with Gasteiger partial charge in [-0.2, -0.15) is 0 Å². The van der Waals surface area contributed by atoms with Crippen LogP contribution >= 0.6 is 11.6 Å². The highest BCUT2D eigenvalue weighted by atomic mass is 35.5. The molecule has 6 nitrogen and oxygen atoms in total. The normalized spacial score (nSPS) is 16.9. The second-order valence-corrected chi connectivity index (χ2v) is 6.06. The van der Waals surface area contributed by atoms with Gasteiger partial charge in [-0.3, -0.25) is 20.1 Å². The Kier molecular flexibility index (Phi) is 4.92. The minimum absolute atomic E-state index is 0.0487. The lowest BCUT2D eigenvalue weighted by Gasteiger charge is -2.33. The van der Waals surface area contributed by atoms with Gasteiger partial charge < -0.3 is 4.74 Å². The van der Waals surface area contributed by atoms with E-state index < -0.39 is 11.2 Å². The van der Waals surface area contributed by atoms with Crippen LogP contribution in [0.25, 0.3) is 0 Å². The lowest BCUT2D eigenvalue weighted by atomic mass is 10.2. The van der Waals surface area contributed by atoms with Crippen molar-refractivity contribution in [2.45, 2.75) is 19.8 Å². The highest BCUT2D eigenvalue weighted by Gasteiger charge is 2.30. The van der Waals surface area contributed by atoms with E-state index in [0.717, 1.165) is 11.4 Å². The topological polar surface area (TPSA) is 58.9 Å². The number of nitro groups is 1. The Balaban J connectivity index is 1.80. The Morgan fingerprint density at radius 2 is 1.92 bits per heavy atom. The number of allylic oxidation sites excluding steroid dienone is 1. The second-order valence-electron chi connectivity index (χ2n) is 5.62. The summed E-state index contributed by atoms with van der Waals surface area (Å²) >= 11 is 5.96. The van der Waals surface area contributed by atoms with Crippen molar-refractivity contribution in [3.63, 3.8) is 0 Å². The molecule has 2 aromatic rings. The Labute approximate surface area is 151 Å². The van der Waals surface area contributed by atoms with E-state index >= 15 is 0 Å². The molecule has 0 aliphatic carbocycles. The number of nitro benzene ring substituents is 1. The smallest absolute Gasteiger partial charge is 0.274 e. The molecule has 1 unspecified atom stereocenters. The van der Waals surface area contributed by atoms with E-state index in [4.69, 9.17) is 16.3 Å². The van der Waals surface area contributed by atoms with Crippen LogP contribution in [0.5, 0.6) is 0 Å². The molecule has 1 heterocycles. The maximum atomic E-state index is 11.1. The number of hydrazine groups is 1. The molecular weight excluding hydrogens is 342 g/mol. The van der Waals surface area contributed by atoms with E-state index in [1.165, 1.54) is 6.07 Å². The van der Waals surface area contributed by atoms with Crippen LogP contribution in [0.15, 0.2) is 54.2 Å². The van der Waals surface area contributed by atoms with Crippen LogP contribution in [0.3, 0.4) is 0 Å². The van der Waals surface area contributed by atoms with Crippen molar-refractivity contribution in [3.05, 3.63) is 81.0 Å². The number of halogens is 1. The number of hydrogen-bond donors (Lipinski definition) is 0. The largest absolute Gasteiger partial charge is 0.347 e. The number of rotatable bonds is 5. The molecule has 0 bridgehead atoms. The number of anilines is 1. The standard InChI is InChI=1S/C18H17ClN3O3/c1-13-11-18(21(20(13)2)16-9-7-15(19)8-10-16)25-12-14-5-3-4-6-17(14)22(23)24/h3-10,18H,12H2,1-2H3. The third-order valence-corrected chi connectivity index (χ3v) is 4.29. The molecule has 1 atom stereocenters. The highest BCUT2D eigenvalue weighted by molar-refractivity contribution is 6.30. The summed E-state index contributed by atoms with van der Waals surface area (Å²) in [6, 6.07) is 14.0. The van der Waals surface area contributed by atoms with Crippen molar-refractivity contribution in [1.82, 2.24) is 5.01 Å². The quantitative estimate of drug-likeness (QED) is 0.593. The van der Waals surface area contributed by atoms with Crippen molar-refractivity contribution in [2.75, 3.05) is 12.1 Å². The van der Waals surface area contributed by atoms with Crippen LogP contribution in [0, 0.1) is 16.2 Å². The Morgan fingerprint density at radius 3 is 2.60 bits per heavy atom. The van der Waals surface area contributed by atoms with Gasteiger partial charge in [0.15, 0.2) is 6.23 Å². The SMILES string of the molecule is CC1=[C]C(OCc2ccccc2[N+](=O)[O-])N(c2ccc(Cl)cc2)N1C. The van der Waals surface area contributed by atoms with E-state index in [9.17, 15) is 10.1 Å². The number of hydrogen-bond acceptors (Lipinski definition) is 5. The molecule has 0 aromatic heterocycles. The van der Waals surface area contributed by atoms with Gasteiger partial charge in [0.2, 0.25) is 0 Å². The number of benzene rings is 2. The van der Waals surface area contributed by atoms with Gasteiger partial charge >= 0.3 is 0 Å². The van der Waals surface area contributed by atoms with E-state index in [0.29, 0.717) is 10.6 Å². The summed E-state index contributed by atoms with van der Waals surface area (Å²) in [5, 5.41) is 15.6. The lowest BCUT2D eigenvalue weighted by molar-refractivity contribution is -0.386. The fraction of sp³-hybridized carbons (Fsp3) is 0.222. The Bertz CT molecular complexity index is 807. The van der Waals surface area contributed by atoms with Crippen molar-refractivity contribution in [2.24, 2.45) is 0 Å². The molecule has 25 heavy (non-hydrogen) atoms. The summed E-state index contributed by atoms with van der Waals surface area (Å²) in [6.45, 7) is 2.04. The molecule has 7 heteroatoms. The van der Waals surface area contributed by atoms with Crippen LogP contribution in [-0.2, 0) is 11.3 Å². The van der Waals surface area contributed by atoms with Gasteiger partial charge in [-0.15, -0.1) is 0 Å². The molecule has 1 aliphatic heterocycles. The molecule has 1 aliphatic rings. The zero-order valence-corrected chi connectivity index (χ0v) is 14.6. The van der Waals surface area contributed by atoms with Crippen molar-refractivity contribution in [3.8, 4) is 0 Å². The first-order valence-corrected chi connectivity index (χ1v) is 8.07. The molecule has 0 saturated heterocycles. The summed E-state index contributed by atoms with van der Waals surface area (Å²) < 4.78 is 5.93. The van der Waals surface area contributed by atoms with Crippen molar-refractivity contribution in [1.29, 1.82) is 0 Å². The van der Waals surface area contributed by atoms with Gasteiger partial charge in [-0.25, -0.2) is 0 Å². The van der Waals surface area contributed by atoms with Crippen molar-refractivity contribution < 1.29 is 9.66 Å². The number of nitrogens with zero attached hydrogens (tertiary/aromatic N) is 3. The van der Waals surface area contributed by atoms with Gasteiger partial charge in [-0.05, 0) is 37.3 Å². The first-order valence-electron chi connectivity index (χ1n) is 7.70. The third-order valence-electron chi connectivity index (χ3n) is 4.04. The summed E-state index contributed by atoms with van der Waals surface area (Å²) in [6.07, 6.45) is 2.75. The zero-order valence-electron chi connectivity index (χ0n) is 13.8. The maximum Gasteiger partial charge on any atom is 0.274 e. The molecule has 3 rings (SSSR count). The zero-order chi connectivity index (χ0) is 18.0. The molecule has 0 saturated carbocycles. The molecule has 129 valence electrons. The summed E-state index contributed by atoms with van der Waals surface area (Å²) in [5.41, 5.74) is 2.37. The van der Waals surface area contributed by atoms with Crippen LogP contribution in [0.1, 0.15) is 12.5 Å². The van der Waals surface area contributed by atoms with Gasteiger partial charge in [0.1, 0.15) is 0 Å².